The molecule has 0 aliphatic heterocycles. The number of ketones is 1. The SMILES string of the molecule is CCCn1c(C)cc(/C=C(\C#N)C(=O)OCC(=O)c2cc(C)n(CCCOC)c2C)c1C. The van der Waals surface area contributed by atoms with E-state index >= 15 is 0 Å². The van der Waals surface area contributed by atoms with Gasteiger partial charge in [0.15, 0.2) is 6.61 Å². The van der Waals surface area contributed by atoms with Crippen molar-refractivity contribution in [3.8, 4) is 6.07 Å². The van der Waals surface area contributed by atoms with Crippen LogP contribution in [-0.4, -0.2) is 41.2 Å². The molecule has 2 aromatic rings. The Bertz CT molecular complexity index is 1050. The molecule has 0 aromatic carbocycles. The van der Waals surface area contributed by atoms with Crippen LogP contribution in [0.2, 0.25) is 0 Å². The van der Waals surface area contributed by atoms with Crippen molar-refractivity contribution in [3.63, 3.8) is 0 Å². The number of aryl methyl sites for hydroxylation is 2. The number of nitriles is 1. The Labute approximate surface area is 190 Å². The van der Waals surface area contributed by atoms with Crippen LogP contribution < -0.4 is 0 Å². The second-order valence-electron chi connectivity index (χ2n) is 7.93. The highest BCUT2D eigenvalue weighted by Crippen LogP contribution is 2.20. The number of hydrogen-bond donors (Lipinski definition) is 0. The highest BCUT2D eigenvalue weighted by atomic mass is 16.5. The summed E-state index contributed by atoms with van der Waals surface area (Å²) in [6.45, 7) is 11.7. The molecule has 0 saturated heterocycles. The monoisotopic (exact) mass is 439 g/mol. The van der Waals surface area contributed by atoms with Gasteiger partial charge in [-0.15, -0.1) is 0 Å². The first kappa shape index (κ1) is 25.2. The van der Waals surface area contributed by atoms with Crippen LogP contribution >= 0.6 is 0 Å². The second-order valence-corrected chi connectivity index (χ2v) is 7.93. The zero-order valence-electron chi connectivity index (χ0n) is 19.9. The standard InChI is InChI=1S/C25H33N3O4/c1-7-9-27-17(2)12-21(19(27)4)14-22(15-26)25(30)32-16-24(29)23-13-18(3)28(20(23)5)10-8-11-31-6/h12-14H,7-11,16H2,1-6H3/b22-14+. The second kappa shape index (κ2) is 11.5. The van der Waals surface area contributed by atoms with Gasteiger partial charge in [-0.3, -0.25) is 4.79 Å². The largest absolute Gasteiger partial charge is 0.453 e. The fourth-order valence-electron chi connectivity index (χ4n) is 3.91. The maximum absolute atomic E-state index is 12.7. The number of hydrogen-bond acceptors (Lipinski definition) is 5. The highest BCUT2D eigenvalue weighted by molar-refractivity contribution is 6.02. The van der Waals surface area contributed by atoms with Crippen LogP contribution in [0.4, 0.5) is 0 Å². The lowest BCUT2D eigenvalue weighted by molar-refractivity contribution is -0.137. The van der Waals surface area contributed by atoms with Gasteiger partial charge in [0.2, 0.25) is 5.78 Å². The summed E-state index contributed by atoms with van der Waals surface area (Å²) in [4.78, 5) is 25.2. The Morgan fingerprint density at radius 1 is 1.06 bits per heavy atom. The zero-order valence-corrected chi connectivity index (χ0v) is 19.9. The van der Waals surface area contributed by atoms with Crippen molar-refractivity contribution in [2.45, 2.75) is 60.5 Å². The minimum absolute atomic E-state index is 0.125. The molecule has 0 spiro atoms. The third-order valence-corrected chi connectivity index (χ3v) is 5.64. The first-order chi connectivity index (χ1) is 15.2. The van der Waals surface area contributed by atoms with E-state index in [0.717, 1.165) is 54.3 Å². The van der Waals surface area contributed by atoms with Crippen molar-refractivity contribution in [1.29, 1.82) is 5.26 Å². The van der Waals surface area contributed by atoms with Crippen molar-refractivity contribution in [3.05, 3.63) is 51.6 Å². The summed E-state index contributed by atoms with van der Waals surface area (Å²) in [5.41, 5.74) is 5.06. The van der Waals surface area contributed by atoms with Gasteiger partial charge in [0.05, 0.1) is 0 Å². The van der Waals surface area contributed by atoms with E-state index in [1.54, 1.807) is 7.11 Å². The number of nitrogens with zero attached hydrogens (tertiary/aromatic N) is 3. The molecule has 172 valence electrons. The van der Waals surface area contributed by atoms with Crippen molar-refractivity contribution in [1.82, 2.24) is 9.13 Å². The molecule has 0 aliphatic carbocycles. The van der Waals surface area contributed by atoms with Gasteiger partial charge in [-0.1, -0.05) is 6.92 Å². The number of Topliss-reactive ketones (excluding diaryl/α,β-unsaturated/α-hetero) is 1. The Balaban J connectivity index is 2.10. The number of carbonyl (C=O) groups excluding carboxylic acids is 2. The van der Waals surface area contributed by atoms with Crippen molar-refractivity contribution < 1.29 is 19.1 Å². The van der Waals surface area contributed by atoms with E-state index in [2.05, 4.69) is 16.1 Å². The molecule has 2 aromatic heterocycles. The van der Waals surface area contributed by atoms with Gasteiger partial charge >= 0.3 is 5.97 Å². The lowest BCUT2D eigenvalue weighted by atomic mass is 10.1. The first-order valence-corrected chi connectivity index (χ1v) is 10.9. The number of esters is 1. The predicted octanol–water partition coefficient (Wildman–Crippen LogP) is 4.30. The molecule has 0 unspecified atom stereocenters. The van der Waals surface area contributed by atoms with E-state index < -0.39 is 12.6 Å². The summed E-state index contributed by atoms with van der Waals surface area (Å²) in [7, 11) is 1.66. The van der Waals surface area contributed by atoms with E-state index in [0.29, 0.717) is 12.2 Å². The maximum Gasteiger partial charge on any atom is 0.349 e. The normalized spacial score (nSPS) is 11.5. The van der Waals surface area contributed by atoms with Gasteiger partial charge < -0.3 is 18.6 Å². The maximum atomic E-state index is 12.7. The lowest BCUT2D eigenvalue weighted by Crippen LogP contribution is -2.16. The molecule has 0 radical (unpaired) electrons. The van der Waals surface area contributed by atoms with E-state index in [4.69, 9.17) is 9.47 Å². The molecular formula is C25H33N3O4. The van der Waals surface area contributed by atoms with Crippen LogP contribution in [-0.2, 0) is 27.4 Å². The summed E-state index contributed by atoms with van der Waals surface area (Å²) in [6, 6.07) is 5.66. The van der Waals surface area contributed by atoms with Crippen molar-refractivity contribution in [2.75, 3.05) is 20.3 Å². The first-order valence-electron chi connectivity index (χ1n) is 10.9. The van der Waals surface area contributed by atoms with Gasteiger partial charge in [0.1, 0.15) is 11.6 Å². The topological polar surface area (TPSA) is 86.3 Å². The quantitative estimate of drug-likeness (QED) is 0.171. The summed E-state index contributed by atoms with van der Waals surface area (Å²) >= 11 is 0. The minimum Gasteiger partial charge on any atom is -0.453 e. The van der Waals surface area contributed by atoms with E-state index in [1.807, 2.05) is 45.9 Å². The zero-order chi connectivity index (χ0) is 23.8. The Morgan fingerprint density at radius 2 is 1.72 bits per heavy atom. The number of aromatic nitrogens is 2. The van der Waals surface area contributed by atoms with E-state index in [9.17, 15) is 14.9 Å². The molecule has 32 heavy (non-hydrogen) atoms. The van der Waals surface area contributed by atoms with Crippen LogP contribution in [0.1, 0.15) is 58.5 Å². The molecular weight excluding hydrogens is 406 g/mol. The van der Waals surface area contributed by atoms with Crippen LogP contribution in [0.15, 0.2) is 17.7 Å². The lowest BCUT2D eigenvalue weighted by Gasteiger charge is -2.09. The predicted molar refractivity (Wildman–Crippen MR) is 123 cm³/mol. The molecule has 7 nitrogen and oxygen atoms in total. The molecule has 0 N–H and O–H groups in total. The smallest absolute Gasteiger partial charge is 0.349 e. The van der Waals surface area contributed by atoms with Gasteiger partial charge in [0.25, 0.3) is 0 Å². The molecule has 0 atom stereocenters. The molecule has 0 aliphatic rings. The summed E-state index contributed by atoms with van der Waals surface area (Å²) in [6.07, 6.45) is 3.36. The van der Waals surface area contributed by atoms with Crippen molar-refractivity contribution >= 4 is 17.8 Å². The van der Waals surface area contributed by atoms with Crippen LogP contribution in [0.25, 0.3) is 6.08 Å². The molecule has 7 heteroatoms. The Morgan fingerprint density at radius 3 is 2.34 bits per heavy atom. The van der Waals surface area contributed by atoms with E-state index in [-0.39, 0.29) is 11.4 Å². The third kappa shape index (κ3) is 5.77. The molecule has 0 bridgehead atoms. The molecule has 2 heterocycles. The fraction of sp³-hybridized carbons (Fsp3) is 0.480. The van der Waals surface area contributed by atoms with Gasteiger partial charge in [-0.2, -0.15) is 5.26 Å². The Kier molecular flexibility index (Phi) is 9.03. The Hall–Kier alpha value is -3.11. The number of carbonyl (C=O) groups is 2. The average molecular weight is 440 g/mol. The van der Waals surface area contributed by atoms with Crippen LogP contribution in [0, 0.1) is 39.0 Å². The van der Waals surface area contributed by atoms with Gasteiger partial charge in [-0.25, -0.2) is 4.79 Å². The van der Waals surface area contributed by atoms with Crippen molar-refractivity contribution in [2.24, 2.45) is 0 Å². The summed E-state index contributed by atoms with van der Waals surface area (Å²) in [5.74, 6) is -1.09. The van der Waals surface area contributed by atoms with Crippen LogP contribution in [0.3, 0.4) is 0 Å². The van der Waals surface area contributed by atoms with Crippen LogP contribution in [0.5, 0.6) is 0 Å². The fourth-order valence-corrected chi connectivity index (χ4v) is 3.91. The number of rotatable bonds is 11. The molecule has 0 fully saturated rings. The van der Waals surface area contributed by atoms with Gasteiger partial charge in [-0.05, 0) is 64.3 Å². The summed E-state index contributed by atoms with van der Waals surface area (Å²) in [5, 5.41) is 9.47. The minimum atomic E-state index is -0.796. The van der Waals surface area contributed by atoms with E-state index in [1.165, 1.54) is 6.08 Å². The summed E-state index contributed by atoms with van der Waals surface area (Å²) < 4.78 is 14.5. The highest BCUT2D eigenvalue weighted by Gasteiger charge is 2.19. The molecule has 2 rings (SSSR count). The number of methoxy groups -OCH3 is 1. The third-order valence-electron chi connectivity index (χ3n) is 5.64. The average Bonchev–Trinajstić information content (AvgIpc) is 3.20. The number of ether oxygens (including phenoxy) is 2. The molecule has 0 saturated carbocycles. The molecule has 0 amide bonds. The van der Waals surface area contributed by atoms with Gasteiger partial charge in [0, 0.05) is 55.1 Å².